The molecule has 1 atom stereocenters. The summed E-state index contributed by atoms with van der Waals surface area (Å²) in [5.74, 6) is 0.332. The Bertz CT molecular complexity index is 526. The van der Waals surface area contributed by atoms with Crippen LogP contribution >= 0.6 is 15.9 Å². The Balaban J connectivity index is 2.55. The summed E-state index contributed by atoms with van der Waals surface area (Å²) in [6.07, 6.45) is 1.83. The van der Waals surface area contributed by atoms with E-state index >= 15 is 4.39 Å². The molecule has 1 aromatic carbocycles. The largest absolute Gasteiger partial charge is 0.318 e. The van der Waals surface area contributed by atoms with Crippen molar-refractivity contribution in [2.45, 2.75) is 19.0 Å². The number of benzene rings is 1. The van der Waals surface area contributed by atoms with Gasteiger partial charge in [-0.1, -0.05) is 35.0 Å². The number of halogens is 2. The Morgan fingerprint density at radius 3 is 2.76 bits per heavy atom. The molecule has 2 aromatic rings. The Morgan fingerprint density at radius 1 is 1.47 bits per heavy atom. The summed E-state index contributed by atoms with van der Waals surface area (Å²) < 4.78 is 17.6. The average molecular weight is 298 g/mol. The maximum atomic E-state index is 15.1. The van der Waals surface area contributed by atoms with Gasteiger partial charge < -0.3 is 4.57 Å². The number of rotatable bonds is 3. The van der Waals surface area contributed by atoms with Crippen molar-refractivity contribution in [2.75, 3.05) is 0 Å². The van der Waals surface area contributed by atoms with E-state index in [1.165, 1.54) is 6.33 Å². The van der Waals surface area contributed by atoms with Crippen molar-refractivity contribution in [2.24, 2.45) is 7.05 Å². The molecule has 0 spiro atoms. The lowest BCUT2D eigenvalue weighted by Gasteiger charge is -2.23. The smallest absolute Gasteiger partial charge is 0.195 e. The standard InChI is InChI=1S/C12H13BrFN3/c1-3-12(14,11-16-15-8-17(11)2)9-5-4-6-10(13)7-9/h4-8H,3H2,1-2H3. The van der Waals surface area contributed by atoms with Crippen LogP contribution in [0.1, 0.15) is 24.7 Å². The van der Waals surface area contributed by atoms with Crippen LogP contribution in [0.15, 0.2) is 35.1 Å². The maximum absolute atomic E-state index is 15.1. The van der Waals surface area contributed by atoms with E-state index in [0.29, 0.717) is 17.8 Å². The van der Waals surface area contributed by atoms with Crippen LogP contribution in [-0.4, -0.2) is 14.8 Å². The quantitative estimate of drug-likeness (QED) is 0.871. The monoisotopic (exact) mass is 297 g/mol. The zero-order valence-corrected chi connectivity index (χ0v) is 11.3. The van der Waals surface area contributed by atoms with E-state index in [-0.39, 0.29) is 0 Å². The third-order valence-electron chi connectivity index (χ3n) is 2.84. The molecule has 1 unspecified atom stereocenters. The van der Waals surface area contributed by atoms with Crippen LogP contribution in [-0.2, 0) is 12.7 Å². The fourth-order valence-corrected chi connectivity index (χ4v) is 2.27. The third-order valence-corrected chi connectivity index (χ3v) is 3.33. The van der Waals surface area contributed by atoms with Crippen LogP contribution in [0, 0.1) is 0 Å². The highest BCUT2D eigenvalue weighted by Crippen LogP contribution is 2.36. The zero-order valence-electron chi connectivity index (χ0n) is 9.69. The van der Waals surface area contributed by atoms with Gasteiger partial charge in [0.1, 0.15) is 6.33 Å². The Labute approximate surface area is 108 Å². The first-order valence-corrected chi connectivity index (χ1v) is 6.16. The van der Waals surface area contributed by atoms with Crippen LogP contribution in [0.2, 0.25) is 0 Å². The van der Waals surface area contributed by atoms with Crippen LogP contribution in [0.3, 0.4) is 0 Å². The SMILES string of the molecule is CCC(F)(c1cccc(Br)c1)c1nncn1C. The van der Waals surface area contributed by atoms with Gasteiger partial charge in [0, 0.05) is 11.5 Å². The molecule has 0 N–H and O–H groups in total. The average Bonchev–Trinajstić information content (AvgIpc) is 2.75. The highest BCUT2D eigenvalue weighted by molar-refractivity contribution is 9.10. The number of alkyl halides is 1. The summed E-state index contributed by atoms with van der Waals surface area (Å²) in [6.45, 7) is 1.80. The highest BCUT2D eigenvalue weighted by Gasteiger charge is 2.36. The minimum Gasteiger partial charge on any atom is -0.318 e. The van der Waals surface area contributed by atoms with Crippen molar-refractivity contribution in [3.63, 3.8) is 0 Å². The molecule has 0 bridgehead atoms. The molecular weight excluding hydrogens is 285 g/mol. The van der Waals surface area contributed by atoms with Gasteiger partial charge >= 0.3 is 0 Å². The van der Waals surface area contributed by atoms with Gasteiger partial charge in [-0.3, -0.25) is 0 Å². The van der Waals surface area contributed by atoms with Gasteiger partial charge in [0.15, 0.2) is 11.5 Å². The summed E-state index contributed by atoms with van der Waals surface area (Å²) in [5, 5.41) is 7.63. The van der Waals surface area contributed by atoms with Crippen LogP contribution in [0.4, 0.5) is 4.39 Å². The van der Waals surface area contributed by atoms with Gasteiger partial charge in [0.25, 0.3) is 0 Å². The molecule has 0 aliphatic heterocycles. The van der Waals surface area contributed by atoms with Crippen LogP contribution in [0.5, 0.6) is 0 Å². The van der Waals surface area contributed by atoms with Gasteiger partial charge in [-0.15, -0.1) is 10.2 Å². The van der Waals surface area contributed by atoms with Crippen molar-refractivity contribution in [3.05, 3.63) is 46.5 Å². The predicted molar refractivity (Wildman–Crippen MR) is 67.3 cm³/mol. The van der Waals surface area contributed by atoms with Crippen LogP contribution < -0.4 is 0 Å². The van der Waals surface area contributed by atoms with Crippen molar-refractivity contribution in [1.29, 1.82) is 0 Å². The molecule has 0 amide bonds. The molecular formula is C12H13BrFN3. The lowest BCUT2D eigenvalue weighted by Crippen LogP contribution is -2.25. The van der Waals surface area contributed by atoms with E-state index in [1.54, 1.807) is 30.7 Å². The van der Waals surface area contributed by atoms with Crippen LogP contribution in [0.25, 0.3) is 0 Å². The number of hydrogen-bond acceptors (Lipinski definition) is 2. The molecule has 2 rings (SSSR count). The summed E-state index contributed by atoms with van der Waals surface area (Å²) >= 11 is 3.36. The van der Waals surface area contributed by atoms with E-state index in [4.69, 9.17) is 0 Å². The third kappa shape index (κ3) is 2.11. The lowest BCUT2D eigenvalue weighted by atomic mass is 9.92. The Kier molecular flexibility index (Phi) is 3.28. The van der Waals surface area contributed by atoms with Gasteiger partial charge in [-0.25, -0.2) is 4.39 Å². The van der Waals surface area contributed by atoms with Crippen molar-refractivity contribution in [1.82, 2.24) is 14.8 Å². The molecule has 0 fully saturated rings. The minimum absolute atomic E-state index is 0.315. The van der Waals surface area contributed by atoms with Crippen molar-refractivity contribution < 1.29 is 4.39 Å². The Morgan fingerprint density at radius 2 is 2.24 bits per heavy atom. The number of aromatic nitrogens is 3. The normalized spacial score (nSPS) is 14.6. The summed E-state index contributed by atoms with van der Waals surface area (Å²) in [7, 11) is 1.75. The molecule has 17 heavy (non-hydrogen) atoms. The molecule has 0 aliphatic carbocycles. The molecule has 1 heterocycles. The van der Waals surface area contributed by atoms with Gasteiger partial charge in [-0.2, -0.15) is 0 Å². The second kappa shape index (κ2) is 4.56. The predicted octanol–water partition coefficient (Wildman–Crippen LogP) is 3.20. The van der Waals surface area contributed by atoms with E-state index in [2.05, 4.69) is 26.1 Å². The topological polar surface area (TPSA) is 30.7 Å². The van der Waals surface area contributed by atoms with Gasteiger partial charge in [0.05, 0.1) is 0 Å². The second-order valence-electron chi connectivity index (χ2n) is 3.93. The first-order valence-electron chi connectivity index (χ1n) is 5.37. The number of nitrogens with zero attached hydrogens (tertiary/aromatic N) is 3. The summed E-state index contributed by atoms with van der Waals surface area (Å²) in [4.78, 5) is 0. The number of aryl methyl sites for hydroxylation is 1. The molecule has 0 saturated heterocycles. The Hall–Kier alpha value is -1.23. The molecule has 5 heteroatoms. The zero-order chi connectivity index (χ0) is 12.5. The second-order valence-corrected chi connectivity index (χ2v) is 4.85. The minimum atomic E-state index is -1.60. The van der Waals surface area contributed by atoms with Gasteiger partial charge in [-0.05, 0) is 24.1 Å². The first-order chi connectivity index (χ1) is 8.08. The molecule has 0 saturated carbocycles. The lowest BCUT2D eigenvalue weighted by molar-refractivity contribution is 0.194. The molecule has 0 aliphatic rings. The van der Waals surface area contributed by atoms with Crippen molar-refractivity contribution in [3.8, 4) is 0 Å². The molecule has 1 aromatic heterocycles. The molecule has 3 nitrogen and oxygen atoms in total. The maximum Gasteiger partial charge on any atom is 0.195 e. The number of hydrogen-bond donors (Lipinski definition) is 0. The molecule has 0 radical (unpaired) electrons. The highest BCUT2D eigenvalue weighted by atomic mass is 79.9. The van der Waals surface area contributed by atoms with E-state index in [1.807, 2.05) is 12.1 Å². The van der Waals surface area contributed by atoms with E-state index in [0.717, 1.165) is 4.47 Å². The summed E-state index contributed by atoms with van der Waals surface area (Å²) in [5.41, 5.74) is -1.01. The summed E-state index contributed by atoms with van der Waals surface area (Å²) in [6, 6.07) is 7.23. The molecule has 90 valence electrons. The van der Waals surface area contributed by atoms with Crippen molar-refractivity contribution >= 4 is 15.9 Å². The van der Waals surface area contributed by atoms with E-state index < -0.39 is 5.67 Å². The fraction of sp³-hybridized carbons (Fsp3) is 0.333. The van der Waals surface area contributed by atoms with E-state index in [9.17, 15) is 0 Å². The first kappa shape index (κ1) is 12.2. The fourth-order valence-electron chi connectivity index (χ4n) is 1.87. The van der Waals surface area contributed by atoms with Gasteiger partial charge in [0.2, 0.25) is 0 Å².